The van der Waals surface area contributed by atoms with Crippen molar-refractivity contribution < 1.29 is 23.1 Å². The number of aliphatic hydroxyl groups excluding tert-OH is 1. The van der Waals surface area contributed by atoms with E-state index in [-0.39, 0.29) is 48.4 Å². The van der Waals surface area contributed by atoms with Gasteiger partial charge in [0.1, 0.15) is 36.0 Å². The molecule has 0 aromatic carbocycles. The number of hydrogen-bond acceptors (Lipinski definition) is 7. The summed E-state index contributed by atoms with van der Waals surface area (Å²) in [5, 5.41) is 20.0. The minimum Gasteiger partial charge on any atom is -0.391 e. The Morgan fingerprint density at radius 3 is 2.82 bits per heavy atom. The van der Waals surface area contributed by atoms with Crippen molar-refractivity contribution in [2.75, 3.05) is 11.9 Å². The molecule has 1 amide bonds. The minimum atomic E-state index is -1.28. The highest BCUT2D eigenvalue weighted by Crippen LogP contribution is 2.31. The Bertz CT molecular complexity index is 1110. The Labute approximate surface area is 187 Å². The molecule has 2 aromatic rings. The molecule has 9 nitrogen and oxygen atoms in total. The molecular weight excluding hydrogens is 439 g/mol. The van der Waals surface area contributed by atoms with E-state index in [0.717, 1.165) is 6.20 Å². The van der Waals surface area contributed by atoms with Crippen LogP contribution in [-0.2, 0) is 0 Å². The molecule has 4 rings (SSSR count). The van der Waals surface area contributed by atoms with Gasteiger partial charge in [0.25, 0.3) is 5.91 Å². The molecule has 12 heteroatoms. The van der Waals surface area contributed by atoms with E-state index < -0.39 is 42.3 Å². The fourth-order valence-electron chi connectivity index (χ4n) is 4.23. The number of aromatic nitrogens is 4. The smallest absolute Gasteiger partial charge is 0.273 e. The molecule has 1 saturated heterocycles. The molecule has 2 aromatic heterocycles. The number of allylic oxidation sites excluding steroid dienone is 1. The number of halogens is 3. The molecule has 1 aliphatic carbocycles. The topological polar surface area (TPSA) is 119 Å². The summed E-state index contributed by atoms with van der Waals surface area (Å²) in [5.74, 6) is -0.841. The van der Waals surface area contributed by atoms with Crippen LogP contribution in [0.5, 0.6) is 0 Å². The number of likely N-dealkylation sites (tertiary alicyclic amines) is 1. The number of H-pyrrole nitrogens is 1. The van der Waals surface area contributed by atoms with Gasteiger partial charge >= 0.3 is 0 Å². The van der Waals surface area contributed by atoms with Crippen LogP contribution in [0.15, 0.2) is 35.5 Å². The highest BCUT2D eigenvalue weighted by Gasteiger charge is 2.39. The summed E-state index contributed by atoms with van der Waals surface area (Å²) in [4.78, 5) is 26.7. The number of aliphatic imine (C=N–C) groups is 1. The second-order valence-corrected chi connectivity index (χ2v) is 8.28. The van der Waals surface area contributed by atoms with Crippen LogP contribution in [0.1, 0.15) is 36.7 Å². The summed E-state index contributed by atoms with van der Waals surface area (Å²) >= 11 is 0. The predicted octanol–water partition coefficient (Wildman–Crippen LogP) is 2.64. The second-order valence-electron chi connectivity index (χ2n) is 8.28. The zero-order valence-corrected chi connectivity index (χ0v) is 17.9. The van der Waals surface area contributed by atoms with Crippen molar-refractivity contribution in [1.29, 1.82) is 0 Å². The Morgan fingerprint density at radius 2 is 2.12 bits per heavy atom. The number of amides is 1. The first-order valence-corrected chi connectivity index (χ1v) is 10.5. The van der Waals surface area contributed by atoms with Crippen LogP contribution >= 0.6 is 0 Å². The predicted molar refractivity (Wildman–Crippen MR) is 116 cm³/mol. The van der Waals surface area contributed by atoms with Gasteiger partial charge in [-0.05, 0) is 12.5 Å². The van der Waals surface area contributed by atoms with Crippen LogP contribution in [-0.4, -0.2) is 79.4 Å². The molecule has 5 atom stereocenters. The Kier molecular flexibility index (Phi) is 6.45. The SMILES string of the molecule is C=C(C=N/C=C(\C)F)[C@H]1C[C@H](F)CN1C(=O)c1[nH]nc2ncnc(N[C@H]3C[C@H](F)C[C@@H]3O)c12. The normalized spacial score (nSPS) is 28.2. The molecule has 176 valence electrons. The average Bonchev–Trinajstić information content (AvgIpc) is 3.44. The maximum absolute atomic E-state index is 14.3. The zero-order chi connectivity index (χ0) is 23.7. The molecule has 0 radical (unpaired) electrons. The van der Waals surface area contributed by atoms with Crippen molar-refractivity contribution in [2.24, 2.45) is 4.99 Å². The van der Waals surface area contributed by atoms with Crippen molar-refractivity contribution in [3.8, 4) is 0 Å². The van der Waals surface area contributed by atoms with Gasteiger partial charge in [-0.15, -0.1) is 0 Å². The van der Waals surface area contributed by atoms with Gasteiger partial charge in [-0.1, -0.05) is 6.58 Å². The summed E-state index contributed by atoms with van der Waals surface area (Å²) in [6.45, 7) is 4.92. The maximum atomic E-state index is 14.3. The number of aliphatic hydroxyl groups is 1. The molecule has 2 aliphatic rings. The molecule has 33 heavy (non-hydrogen) atoms. The van der Waals surface area contributed by atoms with Crippen LogP contribution in [0.3, 0.4) is 0 Å². The fraction of sp³-hybridized carbons (Fsp3) is 0.476. The van der Waals surface area contributed by atoms with E-state index in [1.165, 1.54) is 24.4 Å². The number of rotatable bonds is 6. The lowest BCUT2D eigenvalue weighted by Gasteiger charge is -2.24. The molecular formula is C21H24F3N7O2. The Balaban J connectivity index is 1.63. The number of alkyl halides is 2. The van der Waals surface area contributed by atoms with Gasteiger partial charge in [0.2, 0.25) is 0 Å². The minimum absolute atomic E-state index is 0.0111. The number of fused-ring (bicyclic) bond motifs is 1. The lowest BCUT2D eigenvalue weighted by atomic mass is 10.1. The van der Waals surface area contributed by atoms with E-state index in [2.05, 4.69) is 37.1 Å². The number of aromatic amines is 1. The zero-order valence-electron chi connectivity index (χ0n) is 17.9. The quantitative estimate of drug-likeness (QED) is 0.567. The third kappa shape index (κ3) is 4.75. The first-order valence-electron chi connectivity index (χ1n) is 10.5. The largest absolute Gasteiger partial charge is 0.391 e. The van der Waals surface area contributed by atoms with Crippen molar-refractivity contribution in [3.63, 3.8) is 0 Å². The van der Waals surface area contributed by atoms with Gasteiger partial charge in [-0.25, -0.2) is 23.1 Å². The molecule has 3 heterocycles. The van der Waals surface area contributed by atoms with E-state index in [1.54, 1.807) is 0 Å². The first-order chi connectivity index (χ1) is 15.7. The van der Waals surface area contributed by atoms with Crippen molar-refractivity contribution >= 4 is 29.0 Å². The molecule has 0 bridgehead atoms. The number of carbonyl (C=O) groups is 1. The van der Waals surface area contributed by atoms with Crippen LogP contribution in [0, 0.1) is 0 Å². The van der Waals surface area contributed by atoms with E-state index in [1.807, 2.05) is 0 Å². The highest BCUT2D eigenvalue weighted by molar-refractivity contribution is 6.08. The average molecular weight is 463 g/mol. The number of anilines is 1. The summed E-state index contributed by atoms with van der Waals surface area (Å²) in [5.41, 5.74) is 0.569. The van der Waals surface area contributed by atoms with Crippen molar-refractivity contribution in [3.05, 3.63) is 36.2 Å². The number of nitrogens with zero attached hydrogens (tertiary/aromatic N) is 5. The highest BCUT2D eigenvalue weighted by atomic mass is 19.1. The summed E-state index contributed by atoms with van der Waals surface area (Å²) in [6, 6.07) is -1.28. The van der Waals surface area contributed by atoms with Gasteiger partial charge in [0.05, 0.1) is 36.3 Å². The third-order valence-electron chi connectivity index (χ3n) is 5.79. The van der Waals surface area contributed by atoms with Crippen LogP contribution in [0.25, 0.3) is 11.0 Å². The summed E-state index contributed by atoms with van der Waals surface area (Å²) in [7, 11) is 0. The Morgan fingerprint density at radius 1 is 1.33 bits per heavy atom. The van der Waals surface area contributed by atoms with E-state index in [9.17, 15) is 23.1 Å². The van der Waals surface area contributed by atoms with Crippen LogP contribution in [0.4, 0.5) is 19.0 Å². The van der Waals surface area contributed by atoms with Gasteiger partial charge in [-0.3, -0.25) is 14.9 Å². The molecule has 1 aliphatic heterocycles. The molecule has 0 spiro atoms. The maximum Gasteiger partial charge on any atom is 0.273 e. The van der Waals surface area contributed by atoms with Gasteiger partial charge in [0.15, 0.2) is 5.65 Å². The standard InChI is InChI=1S/C21H24F3N7O2/c1-10(6-25-7-11(2)22)15-4-13(24)8-31(15)21(33)18-17-19(26-9-27-20(17)30-29-18)28-14-3-12(23)5-16(14)32/h6-7,9,12-16,32H,1,3-5,8H2,2H3,(H2,26,27,28,29,30)/b11-7+,25-6?/t12-,13-,14-,15+,16-/m0/s1. The summed E-state index contributed by atoms with van der Waals surface area (Å²) in [6.07, 6.45) is 0.331. The van der Waals surface area contributed by atoms with Crippen molar-refractivity contribution in [1.82, 2.24) is 25.1 Å². The van der Waals surface area contributed by atoms with E-state index in [4.69, 9.17) is 0 Å². The number of nitrogens with one attached hydrogen (secondary N) is 2. The third-order valence-corrected chi connectivity index (χ3v) is 5.79. The van der Waals surface area contributed by atoms with E-state index >= 15 is 0 Å². The lowest BCUT2D eigenvalue weighted by Crippen LogP contribution is -2.37. The molecule has 3 N–H and O–H groups in total. The molecule has 2 fully saturated rings. The number of carbonyl (C=O) groups excluding carboxylic acids is 1. The van der Waals surface area contributed by atoms with E-state index in [0.29, 0.717) is 5.57 Å². The summed E-state index contributed by atoms with van der Waals surface area (Å²) < 4.78 is 40.9. The van der Waals surface area contributed by atoms with Gasteiger partial charge < -0.3 is 15.3 Å². The second kappa shape index (κ2) is 9.30. The van der Waals surface area contributed by atoms with Gasteiger partial charge in [0, 0.05) is 25.5 Å². The first kappa shape index (κ1) is 22.9. The van der Waals surface area contributed by atoms with Gasteiger partial charge in [-0.2, -0.15) is 5.10 Å². The number of hydrogen-bond donors (Lipinski definition) is 3. The molecule has 1 saturated carbocycles. The fourth-order valence-corrected chi connectivity index (χ4v) is 4.23. The monoisotopic (exact) mass is 463 g/mol. The Hall–Kier alpha value is -3.28. The lowest BCUT2D eigenvalue weighted by molar-refractivity contribution is 0.0746. The molecule has 0 unspecified atom stereocenters. The van der Waals surface area contributed by atoms with Crippen LogP contribution in [0.2, 0.25) is 0 Å². The van der Waals surface area contributed by atoms with Crippen molar-refractivity contribution in [2.45, 2.75) is 56.7 Å². The van der Waals surface area contributed by atoms with Crippen LogP contribution < -0.4 is 5.32 Å².